The van der Waals surface area contributed by atoms with Gasteiger partial charge in [-0.05, 0) is 67.3 Å². The number of nitrogens with one attached hydrogen (secondary N) is 1. The van der Waals surface area contributed by atoms with Crippen LogP contribution in [0.5, 0.6) is 5.75 Å². The average molecular weight is 545 g/mol. The monoisotopic (exact) mass is 544 g/mol. The zero-order valence-electron chi connectivity index (χ0n) is 22.3. The Balaban J connectivity index is 1.42. The zero-order valence-corrected chi connectivity index (χ0v) is 23.1. The molecule has 2 amide bonds. The molecule has 39 heavy (non-hydrogen) atoms. The van der Waals surface area contributed by atoms with Crippen molar-refractivity contribution in [2.24, 2.45) is 0 Å². The fourth-order valence-electron chi connectivity index (χ4n) is 5.03. The second-order valence-electron chi connectivity index (χ2n) is 9.68. The maximum Gasteiger partial charge on any atom is 0.322 e. The first-order chi connectivity index (χ1) is 19.1. The van der Waals surface area contributed by atoms with E-state index in [1.54, 1.807) is 19.5 Å². The summed E-state index contributed by atoms with van der Waals surface area (Å²) in [4.78, 5) is 24.4. The first-order valence-corrected chi connectivity index (χ1v) is 13.8. The van der Waals surface area contributed by atoms with Gasteiger partial charge >= 0.3 is 6.03 Å². The van der Waals surface area contributed by atoms with Crippen molar-refractivity contribution in [3.05, 3.63) is 77.6 Å². The number of rotatable bonds is 9. The van der Waals surface area contributed by atoms with Crippen molar-refractivity contribution >= 4 is 23.3 Å². The van der Waals surface area contributed by atoms with Gasteiger partial charge in [0.25, 0.3) is 0 Å². The lowest BCUT2D eigenvalue weighted by Crippen LogP contribution is -2.43. The molecule has 0 aliphatic heterocycles. The molecular weight excluding hydrogens is 512 g/mol. The second kappa shape index (κ2) is 12.3. The molecule has 0 spiro atoms. The Bertz CT molecular complexity index is 1400. The molecule has 5 rings (SSSR count). The molecular formula is C30H33ClN6O2. The van der Waals surface area contributed by atoms with Crippen LogP contribution in [-0.2, 0) is 13.0 Å². The number of hydrogen-bond donors (Lipinski definition) is 1. The summed E-state index contributed by atoms with van der Waals surface area (Å²) in [6.07, 6.45) is 8.67. The summed E-state index contributed by atoms with van der Waals surface area (Å²) < 4.78 is 7.19. The summed E-state index contributed by atoms with van der Waals surface area (Å²) in [5.74, 6) is 1.86. The minimum absolute atomic E-state index is 0.0883. The lowest BCUT2D eigenvalue weighted by Gasteiger charge is -2.29. The van der Waals surface area contributed by atoms with Crippen LogP contribution in [0.4, 0.5) is 10.5 Å². The molecule has 2 aromatic heterocycles. The van der Waals surface area contributed by atoms with Crippen LogP contribution in [0.3, 0.4) is 0 Å². The van der Waals surface area contributed by atoms with E-state index in [4.69, 9.17) is 26.4 Å². The van der Waals surface area contributed by atoms with Crippen molar-refractivity contribution in [1.82, 2.24) is 24.6 Å². The van der Waals surface area contributed by atoms with Gasteiger partial charge < -0.3 is 15.0 Å². The lowest BCUT2D eigenvalue weighted by molar-refractivity contribution is 0.184. The third-order valence-corrected chi connectivity index (χ3v) is 7.51. The van der Waals surface area contributed by atoms with Gasteiger partial charge in [-0.1, -0.05) is 43.5 Å². The largest absolute Gasteiger partial charge is 0.495 e. The average Bonchev–Trinajstić information content (AvgIpc) is 3.65. The summed E-state index contributed by atoms with van der Waals surface area (Å²) in [5, 5.41) is 8.44. The van der Waals surface area contributed by atoms with E-state index in [-0.39, 0.29) is 12.1 Å². The zero-order chi connectivity index (χ0) is 27.2. The second-order valence-corrected chi connectivity index (χ2v) is 10.1. The fourth-order valence-corrected chi connectivity index (χ4v) is 5.29. The predicted octanol–water partition coefficient (Wildman–Crippen LogP) is 6.71. The molecule has 0 unspecified atom stereocenters. The van der Waals surface area contributed by atoms with Gasteiger partial charge in [-0.25, -0.2) is 14.5 Å². The van der Waals surface area contributed by atoms with E-state index >= 15 is 0 Å². The molecule has 1 N–H and O–H groups in total. The number of methoxy groups -OCH3 is 1. The molecule has 0 atom stereocenters. The van der Waals surface area contributed by atoms with E-state index < -0.39 is 0 Å². The summed E-state index contributed by atoms with van der Waals surface area (Å²) in [6, 6.07) is 17.5. The van der Waals surface area contributed by atoms with E-state index in [0.717, 1.165) is 48.9 Å². The summed E-state index contributed by atoms with van der Waals surface area (Å²) >= 11 is 6.45. The van der Waals surface area contributed by atoms with Crippen LogP contribution >= 0.6 is 11.6 Å². The van der Waals surface area contributed by atoms with Gasteiger partial charge in [0.15, 0.2) is 11.6 Å². The molecule has 0 radical (unpaired) electrons. The van der Waals surface area contributed by atoms with E-state index in [2.05, 4.69) is 29.4 Å². The Kier molecular flexibility index (Phi) is 8.42. The number of carbonyl (C=O) groups is 1. The van der Waals surface area contributed by atoms with Crippen LogP contribution in [0.2, 0.25) is 5.02 Å². The van der Waals surface area contributed by atoms with Gasteiger partial charge in [-0.3, -0.25) is 4.98 Å². The molecule has 2 aromatic carbocycles. The lowest BCUT2D eigenvalue weighted by atomic mass is 10.1. The number of ether oxygens (including phenoxy) is 1. The maximum atomic E-state index is 13.5. The molecule has 2 heterocycles. The SMILES string of the molecule is CCc1ccc(NC(=O)N(CCn2nc(-c3ccncc3)nc2-c2ccc(OC)c(Cl)c2)C2CCCC2)cc1. The van der Waals surface area contributed by atoms with Crippen molar-refractivity contribution in [2.45, 2.75) is 51.6 Å². The Morgan fingerprint density at radius 3 is 2.49 bits per heavy atom. The van der Waals surface area contributed by atoms with Crippen molar-refractivity contribution in [1.29, 1.82) is 0 Å². The number of nitrogens with zero attached hydrogens (tertiary/aromatic N) is 5. The van der Waals surface area contributed by atoms with Gasteiger partial charge in [0.1, 0.15) is 5.75 Å². The van der Waals surface area contributed by atoms with Crippen molar-refractivity contribution < 1.29 is 9.53 Å². The standard InChI is InChI=1S/C30H33ClN6O2/c1-3-21-8-11-24(12-9-21)33-30(38)36(25-6-4-5-7-25)18-19-37-29(23-10-13-27(39-2)26(31)20-23)34-28(35-37)22-14-16-32-17-15-22/h8-17,20,25H,3-7,18-19H2,1-2H3,(H,33,38). The van der Waals surface area contributed by atoms with Crippen LogP contribution in [0, 0.1) is 0 Å². The molecule has 9 heteroatoms. The number of aromatic nitrogens is 4. The fraction of sp³-hybridized carbons (Fsp3) is 0.333. The third-order valence-electron chi connectivity index (χ3n) is 7.21. The van der Waals surface area contributed by atoms with Crippen LogP contribution < -0.4 is 10.1 Å². The topological polar surface area (TPSA) is 85.2 Å². The summed E-state index contributed by atoms with van der Waals surface area (Å²) in [5.41, 5.74) is 3.73. The molecule has 1 aliphatic rings. The Labute approximate surface area is 234 Å². The Morgan fingerprint density at radius 1 is 1.08 bits per heavy atom. The number of amides is 2. The summed E-state index contributed by atoms with van der Waals surface area (Å²) in [6.45, 7) is 3.10. The van der Waals surface area contributed by atoms with Gasteiger partial charge in [0, 0.05) is 41.8 Å². The first-order valence-electron chi connectivity index (χ1n) is 13.4. The summed E-state index contributed by atoms with van der Waals surface area (Å²) in [7, 11) is 1.59. The van der Waals surface area contributed by atoms with Crippen LogP contribution in [0.15, 0.2) is 67.0 Å². The third kappa shape index (κ3) is 6.23. The Morgan fingerprint density at radius 2 is 1.82 bits per heavy atom. The van der Waals surface area contributed by atoms with Gasteiger partial charge in [-0.15, -0.1) is 0 Å². The number of urea groups is 1. The highest BCUT2D eigenvalue weighted by atomic mass is 35.5. The van der Waals surface area contributed by atoms with Crippen LogP contribution in [-0.4, -0.2) is 50.4 Å². The van der Waals surface area contributed by atoms with Crippen molar-refractivity contribution in [2.75, 3.05) is 19.0 Å². The first kappa shape index (κ1) is 26.7. The van der Waals surface area contributed by atoms with Crippen molar-refractivity contribution in [3.8, 4) is 28.5 Å². The molecule has 8 nitrogen and oxygen atoms in total. The van der Waals surface area contributed by atoms with E-state index in [0.29, 0.717) is 35.5 Å². The smallest absolute Gasteiger partial charge is 0.322 e. The number of benzene rings is 2. The molecule has 1 aliphatic carbocycles. The highest BCUT2D eigenvalue weighted by molar-refractivity contribution is 6.32. The minimum atomic E-state index is -0.0883. The number of hydrogen-bond acceptors (Lipinski definition) is 5. The van der Waals surface area contributed by atoms with E-state index in [1.165, 1.54) is 5.56 Å². The van der Waals surface area contributed by atoms with Crippen molar-refractivity contribution in [3.63, 3.8) is 0 Å². The Hall–Kier alpha value is -3.91. The molecule has 1 saturated carbocycles. The van der Waals surface area contributed by atoms with Gasteiger partial charge in [0.2, 0.25) is 0 Å². The number of pyridine rings is 1. The quantitative estimate of drug-likeness (QED) is 0.253. The van der Waals surface area contributed by atoms with Crippen LogP contribution in [0.1, 0.15) is 38.2 Å². The number of anilines is 1. The molecule has 4 aromatic rings. The molecule has 1 fully saturated rings. The minimum Gasteiger partial charge on any atom is -0.495 e. The highest BCUT2D eigenvalue weighted by Gasteiger charge is 2.27. The predicted molar refractivity (Wildman–Crippen MR) is 154 cm³/mol. The number of halogens is 1. The highest BCUT2D eigenvalue weighted by Crippen LogP contribution is 2.31. The van der Waals surface area contributed by atoms with Crippen LogP contribution in [0.25, 0.3) is 22.8 Å². The molecule has 202 valence electrons. The number of aryl methyl sites for hydroxylation is 1. The molecule has 0 saturated heterocycles. The maximum absolute atomic E-state index is 13.5. The van der Waals surface area contributed by atoms with E-state index in [9.17, 15) is 4.79 Å². The molecule has 0 bridgehead atoms. The van der Waals surface area contributed by atoms with Gasteiger partial charge in [0.05, 0.1) is 18.7 Å². The normalized spacial score (nSPS) is 13.4. The van der Waals surface area contributed by atoms with Gasteiger partial charge in [-0.2, -0.15) is 5.10 Å². The number of carbonyl (C=O) groups excluding carboxylic acids is 1. The van der Waals surface area contributed by atoms with E-state index in [1.807, 2.05) is 52.0 Å².